The molecule has 1 atom stereocenters. The van der Waals surface area contributed by atoms with Crippen LogP contribution < -0.4 is 15.4 Å². The quantitative estimate of drug-likeness (QED) is 0.667. The average Bonchev–Trinajstić information content (AvgIpc) is 3.32. The number of nitrogens with zero attached hydrogens (tertiary/aromatic N) is 4. The summed E-state index contributed by atoms with van der Waals surface area (Å²) in [5.41, 5.74) is 2.77. The first-order valence-corrected chi connectivity index (χ1v) is 9.69. The van der Waals surface area contributed by atoms with Gasteiger partial charge in [-0.05, 0) is 35.9 Å². The number of benzene rings is 1. The van der Waals surface area contributed by atoms with Crippen molar-refractivity contribution < 1.29 is 13.9 Å². The van der Waals surface area contributed by atoms with Crippen LogP contribution >= 0.6 is 0 Å². The van der Waals surface area contributed by atoms with Crippen molar-refractivity contribution in [2.75, 3.05) is 16.3 Å². The van der Waals surface area contributed by atoms with E-state index in [2.05, 4.69) is 4.98 Å². The molecule has 152 valence electrons. The third kappa shape index (κ3) is 3.30. The Morgan fingerprint density at radius 3 is 2.80 bits per heavy atom. The second kappa shape index (κ2) is 7.29. The number of ether oxygens (including phenoxy) is 1. The first kappa shape index (κ1) is 18.4. The van der Waals surface area contributed by atoms with E-state index >= 15 is 0 Å². The van der Waals surface area contributed by atoms with E-state index in [0.29, 0.717) is 24.5 Å². The molecule has 2 aromatic heterocycles. The summed E-state index contributed by atoms with van der Waals surface area (Å²) in [7, 11) is 0. The molecule has 8 heteroatoms. The van der Waals surface area contributed by atoms with Gasteiger partial charge in [0.05, 0.1) is 36.7 Å². The number of fused-ring (bicyclic) bond motifs is 1. The predicted molar refractivity (Wildman–Crippen MR) is 109 cm³/mol. The molecule has 7 nitrogen and oxygen atoms in total. The Labute approximate surface area is 171 Å². The predicted octanol–water partition coefficient (Wildman–Crippen LogP) is 2.93. The summed E-state index contributed by atoms with van der Waals surface area (Å²) in [6, 6.07) is 13.5. The van der Waals surface area contributed by atoms with Gasteiger partial charge in [-0.1, -0.05) is 12.1 Å². The highest BCUT2D eigenvalue weighted by Crippen LogP contribution is 2.32. The van der Waals surface area contributed by atoms with Gasteiger partial charge in [-0.2, -0.15) is 0 Å². The minimum atomic E-state index is -0.547. The number of halogens is 1. The van der Waals surface area contributed by atoms with Gasteiger partial charge in [-0.3, -0.25) is 14.7 Å². The summed E-state index contributed by atoms with van der Waals surface area (Å²) in [5.74, 6) is -0.407. The number of rotatable bonds is 4. The first-order valence-electron chi connectivity index (χ1n) is 9.69. The van der Waals surface area contributed by atoms with Crippen LogP contribution in [0.4, 0.5) is 20.6 Å². The number of pyridine rings is 2. The summed E-state index contributed by atoms with van der Waals surface area (Å²) in [6.45, 7) is 1.64. The van der Waals surface area contributed by atoms with E-state index in [0.717, 1.165) is 11.3 Å². The van der Waals surface area contributed by atoms with E-state index in [1.54, 1.807) is 36.7 Å². The van der Waals surface area contributed by atoms with E-state index in [4.69, 9.17) is 4.74 Å². The van der Waals surface area contributed by atoms with E-state index in [-0.39, 0.29) is 18.6 Å². The third-order valence-corrected chi connectivity index (χ3v) is 5.44. The molecule has 30 heavy (non-hydrogen) atoms. The fourth-order valence-electron chi connectivity index (χ4n) is 3.95. The van der Waals surface area contributed by atoms with Crippen LogP contribution in [0.5, 0.6) is 0 Å². The number of carbonyl (C=O) groups is 1. The van der Waals surface area contributed by atoms with Gasteiger partial charge >= 0.3 is 6.09 Å². The summed E-state index contributed by atoms with van der Waals surface area (Å²) in [5, 5.41) is 0. The molecule has 0 saturated carbocycles. The molecular weight excluding hydrogens is 387 g/mol. The van der Waals surface area contributed by atoms with Crippen molar-refractivity contribution in [3.05, 3.63) is 88.4 Å². The van der Waals surface area contributed by atoms with Gasteiger partial charge in [0.25, 0.3) is 5.56 Å². The average molecular weight is 406 g/mol. The smallest absolute Gasteiger partial charge is 0.414 e. The molecule has 0 bridgehead atoms. The SMILES string of the molecule is O=C1O[C@@H](Cn2ccccc2=O)CN1c1ccc(N2Cc3cccnc3C2)c(F)c1. The van der Waals surface area contributed by atoms with Gasteiger partial charge in [-0.15, -0.1) is 0 Å². The topological polar surface area (TPSA) is 67.7 Å². The molecule has 0 aliphatic carbocycles. The minimum absolute atomic E-state index is 0.163. The lowest BCUT2D eigenvalue weighted by Crippen LogP contribution is -2.29. The molecule has 0 radical (unpaired) electrons. The maximum absolute atomic E-state index is 14.9. The van der Waals surface area contributed by atoms with Crippen molar-refractivity contribution >= 4 is 17.5 Å². The summed E-state index contributed by atoms with van der Waals surface area (Å²) in [6.07, 6.45) is 2.35. The first-order chi connectivity index (χ1) is 14.6. The zero-order chi connectivity index (χ0) is 20.7. The van der Waals surface area contributed by atoms with Crippen molar-refractivity contribution in [2.45, 2.75) is 25.7 Å². The van der Waals surface area contributed by atoms with Gasteiger partial charge in [-0.25, -0.2) is 9.18 Å². The molecule has 2 aliphatic heterocycles. The Morgan fingerprint density at radius 1 is 1.10 bits per heavy atom. The van der Waals surface area contributed by atoms with Crippen LogP contribution in [0.25, 0.3) is 0 Å². The molecule has 3 aromatic rings. The number of aromatic nitrogens is 2. The van der Waals surface area contributed by atoms with E-state index in [1.807, 2.05) is 17.0 Å². The van der Waals surface area contributed by atoms with Gasteiger partial charge in [0.1, 0.15) is 11.9 Å². The number of hydrogen-bond acceptors (Lipinski definition) is 5. The number of cyclic esters (lactones) is 1. The lowest BCUT2D eigenvalue weighted by Gasteiger charge is -2.20. The highest BCUT2D eigenvalue weighted by molar-refractivity contribution is 5.90. The number of amides is 1. The Hall–Kier alpha value is -3.68. The fraction of sp³-hybridized carbons (Fsp3) is 0.227. The Kier molecular flexibility index (Phi) is 4.46. The van der Waals surface area contributed by atoms with Crippen LogP contribution in [0.15, 0.2) is 65.7 Å². The van der Waals surface area contributed by atoms with Crippen LogP contribution in [0, 0.1) is 5.82 Å². The van der Waals surface area contributed by atoms with Gasteiger partial charge in [0.15, 0.2) is 0 Å². The second-order valence-electron chi connectivity index (χ2n) is 7.41. The lowest BCUT2D eigenvalue weighted by molar-refractivity contribution is 0.131. The lowest BCUT2D eigenvalue weighted by atomic mass is 10.2. The standard InChI is InChI=1S/C22H19FN4O3/c23-18-10-16(6-7-20(18)26-11-15-4-3-8-24-19(15)14-26)27-13-17(30-22(27)29)12-25-9-2-1-5-21(25)28/h1-10,17H,11-14H2/t17-/m0/s1. The molecule has 1 fully saturated rings. The van der Waals surface area contributed by atoms with Crippen LogP contribution in [-0.4, -0.2) is 28.3 Å². The zero-order valence-corrected chi connectivity index (χ0v) is 16.1. The molecular formula is C22H19FN4O3. The molecule has 0 spiro atoms. The minimum Gasteiger partial charge on any atom is -0.442 e. The van der Waals surface area contributed by atoms with Crippen molar-refractivity contribution in [1.29, 1.82) is 0 Å². The van der Waals surface area contributed by atoms with E-state index in [9.17, 15) is 14.0 Å². The van der Waals surface area contributed by atoms with Crippen LogP contribution in [-0.2, 0) is 24.4 Å². The molecule has 0 unspecified atom stereocenters. The highest BCUT2D eigenvalue weighted by atomic mass is 19.1. The summed E-state index contributed by atoms with van der Waals surface area (Å²) >= 11 is 0. The molecule has 1 amide bonds. The maximum atomic E-state index is 14.9. The van der Waals surface area contributed by atoms with Crippen molar-refractivity contribution in [2.24, 2.45) is 0 Å². The van der Waals surface area contributed by atoms with Crippen molar-refractivity contribution in [3.8, 4) is 0 Å². The number of hydrogen-bond donors (Lipinski definition) is 0. The fourth-order valence-corrected chi connectivity index (χ4v) is 3.95. The third-order valence-electron chi connectivity index (χ3n) is 5.44. The maximum Gasteiger partial charge on any atom is 0.414 e. The van der Waals surface area contributed by atoms with Gasteiger partial charge < -0.3 is 14.2 Å². The molecule has 5 rings (SSSR count). The largest absolute Gasteiger partial charge is 0.442 e. The molecule has 0 N–H and O–H groups in total. The van der Waals surface area contributed by atoms with Crippen LogP contribution in [0.2, 0.25) is 0 Å². The van der Waals surface area contributed by atoms with E-state index < -0.39 is 18.0 Å². The summed E-state index contributed by atoms with van der Waals surface area (Å²) < 4.78 is 21.8. The van der Waals surface area contributed by atoms with Gasteiger partial charge in [0.2, 0.25) is 0 Å². The van der Waals surface area contributed by atoms with Crippen LogP contribution in [0.1, 0.15) is 11.3 Å². The molecule has 1 aromatic carbocycles. The molecule has 1 saturated heterocycles. The van der Waals surface area contributed by atoms with E-state index in [1.165, 1.54) is 21.6 Å². The molecule has 2 aliphatic rings. The van der Waals surface area contributed by atoms with Crippen molar-refractivity contribution in [1.82, 2.24) is 9.55 Å². The highest BCUT2D eigenvalue weighted by Gasteiger charge is 2.33. The molecule has 4 heterocycles. The van der Waals surface area contributed by atoms with Crippen LogP contribution in [0.3, 0.4) is 0 Å². The van der Waals surface area contributed by atoms with Gasteiger partial charge in [0, 0.05) is 25.0 Å². The Morgan fingerprint density at radius 2 is 2.00 bits per heavy atom. The van der Waals surface area contributed by atoms with Crippen molar-refractivity contribution in [3.63, 3.8) is 0 Å². The zero-order valence-electron chi connectivity index (χ0n) is 16.1. The Balaban J connectivity index is 1.32. The second-order valence-corrected chi connectivity index (χ2v) is 7.41. The Bertz CT molecular complexity index is 1150. The summed E-state index contributed by atoms with van der Waals surface area (Å²) in [4.78, 5) is 31.9. The monoisotopic (exact) mass is 406 g/mol. The number of carbonyl (C=O) groups excluding carboxylic acids is 1. The number of anilines is 2. The normalized spacial score (nSPS) is 17.9.